The summed E-state index contributed by atoms with van der Waals surface area (Å²) in [5.41, 5.74) is 0. The first-order chi connectivity index (χ1) is 11.7. The van der Waals surface area contributed by atoms with Gasteiger partial charge in [0.05, 0.1) is 13.2 Å². The number of hydrogen-bond acceptors (Lipinski definition) is 3. The fraction of sp³-hybridized carbons (Fsp3) is 0.895. The normalized spacial score (nSPS) is 14.8. The Morgan fingerprint density at radius 2 is 1.12 bits per heavy atom. The van der Waals surface area contributed by atoms with Gasteiger partial charge in [0.25, 0.3) is 0 Å². The third kappa shape index (κ3) is 11.4. The van der Waals surface area contributed by atoms with Gasteiger partial charge in [-0.2, -0.15) is 0 Å². The predicted octanol–water partition coefficient (Wildman–Crippen LogP) is 4.00. The number of hydrogen-bond donors (Lipinski definition) is 1. The van der Waals surface area contributed by atoms with Crippen LogP contribution in [0.3, 0.4) is 0 Å². The molecule has 0 bridgehead atoms. The van der Waals surface area contributed by atoms with Gasteiger partial charge in [0, 0.05) is 25.9 Å². The summed E-state index contributed by atoms with van der Waals surface area (Å²) in [6, 6.07) is 0. The lowest BCUT2D eigenvalue weighted by atomic mass is 10.0. The van der Waals surface area contributed by atoms with Gasteiger partial charge in [0.15, 0.2) is 0 Å². The Labute approximate surface area is 146 Å². The fourth-order valence-corrected chi connectivity index (χ4v) is 3.11. The first kappa shape index (κ1) is 20.9. The van der Waals surface area contributed by atoms with E-state index < -0.39 is 5.97 Å². The van der Waals surface area contributed by atoms with Crippen molar-refractivity contribution in [1.82, 2.24) is 4.90 Å². The van der Waals surface area contributed by atoms with Crippen LogP contribution < -0.4 is 0 Å². The lowest BCUT2D eigenvalue weighted by Gasteiger charge is -2.26. The molecule has 5 nitrogen and oxygen atoms in total. The van der Waals surface area contributed by atoms with Crippen molar-refractivity contribution in [3.8, 4) is 0 Å². The second kappa shape index (κ2) is 14.3. The first-order valence-electron chi connectivity index (χ1n) is 9.77. The number of morpholine rings is 1. The summed E-state index contributed by atoms with van der Waals surface area (Å²) in [5.74, 6) is -0.386. The fourth-order valence-electron chi connectivity index (χ4n) is 3.11. The highest BCUT2D eigenvalue weighted by Gasteiger charge is 2.15. The van der Waals surface area contributed by atoms with Gasteiger partial charge in [0.1, 0.15) is 0 Å². The van der Waals surface area contributed by atoms with E-state index in [2.05, 4.69) is 0 Å². The van der Waals surface area contributed by atoms with Gasteiger partial charge in [-0.1, -0.05) is 57.8 Å². The number of amides is 1. The van der Waals surface area contributed by atoms with E-state index in [9.17, 15) is 9.59 Å². The highest BCUT2D eigenvalue weighted by molar-refractivity contribution is 5.76. The van der Waals surface area contributed by atoms with Crippen molar-refractivity contribution in [2.45, 2.75) is 83.5 Å². The summed E-state index contributed by atoms with van der Waals surface area (Å²) in [5, 5.41) is 8.55. The Kier molecular flexibility index (Phi) is 12.4. The Morgan fingerprint density at radius 3 is 1.58 bits per heavy atom. The number of carbonyl (C=O) groups is 2. The number of nitrogens with zero attached hydrogens (tertiary/aromatic N) is 1. The summed E-state index contributed by atoms with van der Waals surface area (Å²) >= 11 is 0. The molecular weight excluding hydrogens is 306 g/mol. The van der Waals surface area contributed by atoms with Gasteiger partial charge in [0.2, 0.25) is 5.91 Å². The molecule has 0 atom stereocenters. The zero-order valence-electron chi connectivity index (χ0n) is 15.1. The lowest BCUT2D eigenvalue weighted by molar-refractivity contribution is -0.137. The Bertz CT molecular complexity index is 340. The van der Waals surface area contributed by atoms with Gasteiger partial charge in [-0.25, -0.2) is 0 Å². The van der Waals surface area contributed by atoms with Crippen LogP contribution in [0, 0.1) is 0 Å². The maximum absolute atomic E-state index is 12.0. The highest BCUT2D eigenvalue weighted by Crippen LogP contribution is 2.13. The zero-order chi connectivity index (χ0) is 17.5. The van der Waals surface area contributed by atoms with Gasteiger partial charge in [-0.05, 0) is 12.8 Å². The van der Waals surface area contributed by atoms with Crippen LogP contribution in [0.5, 0.6) is 0 Å². The standard InChI is InChI=1S/C19H35NO4/c21-18(20-14-16-24-17-15-20)12-10-8-6-4-2-1-3-5-7-9-11-13-19(22)23/h1-17H2,(H,22,23). The van der Waals surface area contributed by atoms with Gasteiger partial charge >= 0.3 is 5.97 Å². The number of carbonyl (C=O) groups excluding carboxylic acids is 1. The molecule has 0 aromatic rings. The third-order valence-corrected chi connectivity index (χ3v) is 4.65. The summed E-state index contributed by atoms with van der Waals surface area (Å²) in [7, 11) is 0. The molecule has 24 heavy (non-hydrogen) atoms. The molecule has 0 spiro atoms. The van der Waals surface area contributed by atoms with Gasteiger partial charge in [-0.3, -0.25) is 9.59 Å². The van der Waals surface area contributed by atoms with Crippen molar-refractivity contribution in [1.29, 1.82) is 0 Å². The smallest absolute Gasteiger partial charge is 0.303 e. The van der Waals surface area contributed by atoms with E-state index in [4.69, 9.17) is 9.84 Å². The number of carboxylic acids is 1. The summed E-state index contributed by atoms with van der Waals surface area (Å²) in [6.07, 6.45) is 13.8. The number of unbranched alkanes of at least 4 members (excludes halogenated alkanes) is 10. The summed E-state index contributed by atoms with van der Waals surface area (Å²) in [6.45, 7) is 2.89. The van der Waals surface area contributed by atoms with Crippen molar-refractivity contribution in [3.63, 3.8) is 0 Å². The average Bonchev–Trinajstić information content (AvgIpc) is 2.59. The number of ether oxygens (including phenoxy) is 1. The molecule has 0 saturated carbocycles. The van der Waals surface area contributed by atoms with Crippen LogP contribution in [-0.4, -0.2) is 48.2 Å². The molecule has 1 heterocycles. The quantitative estimate of drug-likeness (QED) is 0.485. The minimum Gasteiger partial charge on any atom is -0.481 e. The van der Waals surface area contributed by atoms with E-state index in [1.54, 1.807) is 0 Å². The van der Waals surface area contributed by atoms with Crippen LogP contribution in [-0.2, 0) is 14.3 Å². The van der Waals surface area contributed by atoms with Gasteiger partial charge in [-0.15, -0.1) is 0 Å². The van der Waals surface area contributed by atoms with E-state index >= 15 is 0 Å². The van der Waals surface area contributed by atoms with E-state index in [-0.39, 0.29) is 0 Å². The number of aliphatic carboxylic acids is 1. The molecular formula is C19H35NO4. The van der Waals surface area contributed by atoms with E-state index in [1.165, 1.54) is 38.5 Å². The van der Waals surface area contributed by atoms with Crippen LogP contribution in [0.25, 0.3) is 0 Å². The molecule has 0 radical (unpaired) electrons. The van der Waals surface area contributed by atoms with Crippen molar-refractivity contribution < 1.29 is 19.4 Å². The number of rotatable bonds is 14. The third-order valence-electron chi connectivity index (χ3n) is 4.65. The zero-order valence-corrected chi connectivity index (χ0v) is 15.1. The first-order valence-corrected chi connectivity index (χ1v) is 9.77. The molecule has 0 aromatic heterocycles. The molecule has 0 aliphatic carbocycles. The molecule has 0 unspecified atom stereocenters. The monoisotopic (exact) mass is 341 g/mol. The van der Waals surface area contributed by atoms with Crippen molar-refractivity contribution in [3.05, 3.63) is 0 Å². The molecule has 1 aliphatic heterocycles. The molecule has 1 aliphatic rings. The van der Waals surface area contributed by atoms with Crippen LogP contribution in [0.4, 0.5) is 0 Å². The molecule has 5 heteroatoms. The van der Waals surface area contributed by atoms with Crippen molar-refractivity contribution >= 4 is 11.9 Å². The molecule has 1 saturated heterocycles. The molecule has 0 aromatic carbocycles. The molecule has 1 N–H and O–H groups in total. The lowest BCUT2D eigenvalue weighted by Crippen LogP contribution is -2.40. The van der Waals surface area contributed by atoms with E-state index in [0.717, 1.165) is 45.2 Å². The predicted molar refractivity (Wildman–Crippen MR) is 95.1 cm³/mol. The van der Waals surface area contributed by atoms with Crippen molar-refractivity contribution in [2.75, 3.05) is 26.3 Å². The second-order valence-electron chi connectivity index (χ2n) is 6.78. The SMILES string of the molecule is O=C(O)CCCCCCCCCCCCCC(=O)N1CCOCC1. The Hall–Kier alpha value is -1.10. The number of carboxylic acid groups (broad SMARTS) is 1. The average molecular weight is 341 g/mol. The maximum Gasteiger partial charge on any atom is 0.303 e. The van der Waals surface area contributed by atoms with Gasteiger partial charge < -0.3 is 14.7 Å². The van der Waals surface area contributed by atoms with Crippen LogP contribution >= 0.6 is 0 Å². The summed E-state index contributed by atoms with van der Waals surface area (Å²) in [4.78, 5) is 24.3. The van der Waals surface area contributed by atoms with E-state index in [1.807, 2.05) is 4.90 Å². The molecule has 1 amide bonds. The topological polar surface area (TPSA) is 66.8 Å². The van der Waals surface area contributed by atoms with E-state index in [0.29, 0.717) is 32.0 Å². The Balaban J connectivity index is 1.77. The summed E-state index contributed by atoms with van der Waals surface area (Å²) < 4.78 is 5.26. The molecule has 1 fully saturated rings. The minimum absolute atomic E-state index is 0.293. The molecule has 1 rings (SSSR count). The van der Waals surface area contributed by atoms with Crippen LogP contribution in [0.15, 0.2) is 0 Å². The maximum atomic E-state index is 12.0. The largest absolute Gasteiger partial charge is 0.481 e. The Morgan fingerprint density at radius 1 is 0.708 bits per heavy atom. The highest BCUT2D eigenvalue weighted by atomic mass is 16.5. The van der Waals surface area contributed by atoms with Crippen molar-refractivity contribution in [2.24, 2.45) is 0 Å². The minimum atomic E-state index is -0.679. The van der Waals surface area contributed by atoms with Crippen LogP contribution in [0.1, 0.15) is 83.5 Å². The molecule has 140 valence electrons. The second-order valence-corrected chi connectivity index (χ2v) is 6.78. The van der Waals surface area contributed by atoms with Crippen LogP contribution in [0.2, 0.25) is 0 Å².